The predicted octanol–water partition coefficient (Wildman–Crippen LogP) is 9.26. The van der Waals surface area contributed by atoms with Crippen molar-refractivity contribution in [1.82, 2.24) is 0 Å². The molecule has 0 rings (SSSR count). The van der Waals surface area contributed by atoms with E-state index in [-0.39, 0.29) is 32.2 Å². The number of carbonyl (C=O) groups is 1. The summed E-state index contributed by atoms with van der Waals surface area (Å²) < 4.78 is 34.1. The minimum Gasteiger partial charge on any atom is -0.457 e. The fraction of sp³-hybridized carbons (Fsp3) is 0.750. The molecule has 0 saturated heterocycles. The number of hydrogen-bond acceptors (Lipinski definition) is 6. The van der Waals surface area contributed by atoms with Crippen molar-refractivity contribution in [3.63, 3.8) is 0 Å². The Balaban J connectivity index is 3.85. The zero-order valence-electron chi connectivity index (χ0n) is 29.3. The van der Waals surface area contributed by atoms with Crippen molar-refractivity contribution < 1.29 is 37.3 Å². The summed E-state index contributed by atoms with van der Waals surface area (Å²) in [6.07, 6.45) is 34.4. The van der Waals surface area contributed by atoms with Crippen molar-refractivity contribution in [3.05, 3.63) is 48.6 Å². The Morgan fingerprint density at radius 2 is 1.24 bits per heavy atom. The molecule has 0 radical (unpaired) electrons. The van der Waals surface area contributed by atoms with Gasteiger partial charge in [-0.1, -0.05) is 107 Å². The fourth-order valence-corrected chi connectivity index (χ4v) is 4.97. The second-order valence-corrected chi connectivity index (χ2v) is 14.0. The smallest absolute Gasteiger partial charge is 0.457 e. The van der Waals surface area contributed by atoms with E-state index in [1.807, 2.05) is 28.1 Å². The molecule has 0 aliphatic heterocycles. The number of phosphoric ester groups is 1. The molecule has 45 heavy (non-hydrogen) atoms. The Bertz CT molecular complexity index is 864. The van der Waals surface area contributed by atoms with Gasteiger partial charge in [0.05, 0.1) is 34.4 Å². The van der Waals surface area contributed by atoms with Gasteiger partial charge in [-0.25, -0.2) is 4.57 Å². The molecule has 0 aliphatic carbocycles. The fourth-order valence-electron chi connectivity index (χ4n) is 4.23. The summed E-state index contributed by atoms with van der Waals surface area (Å²) in [5.74, 6) is -0.372. The Morgan fingerprint density at radius 1 is 0.711 bits per heavy atom. The number of ether oxygens (including phenoxy) is 2. The van der Waals surface area contributed by atoms with Gasteiger partial charge < -0.3 is 18.9 Å². The summed E-state index contributed by atoms with van der Waals surface area (Å²) in [6, 6.07) is 0. The molecule has 2 atom stereocenters. The van der Waals surface area contributed by atoms with Gasteiger partial charge in [0.25, 0.3) is 0 Å². The number of esters is 1. The van der Waals surface area contributed by atoms with E-state index >= 15 is 0 Å². The second kappa shape index (κ2) is 29.8. The summed E-state index contributed by atoms with van der Waals surface area (Å²) in [4.78, 5) is 22.0. The highest BCUT2D eigenvalue weighted by Crippen LogP contribution is 2.43. The molecule has 0 bridgehead atoms. The van der Waals surface area contributed by atoms with Crippen LogP contribution in [0.1, 0.15) is 117 Å². The number of quaternary nitrogens is 1. The molecule has 0 heterocycles. The number of nitrogens with zero attached hydrogens (tertiary/aromatic N) is 1. The van der Waals surface area contributed by atoms with Crippen LogP contribution < -0.4 is 0 Å². The number of likely N-dealkylation sites (N-methyl/N-ethyl adjacent to an activating group) is 1. The summed E-state index contributed by atoms with van der Waals surface area (Å²) in [5, 5.41) is 0. The number of carbonyl (C=O) groups excluding carboxylic acids is 1. The van der Waals surface area contributed by atoms with Crippen LogP contribution in [0.5, 0.6) is 0 Å². The van der Waals surface area contributed by atoms with Crippen molar-refractivity contribution in [2.24, 2.45) is 0 Å². The molecule has 0 fully saturated rings. The lowest BCUT2D eigenvalue weighted by Crippen LogP contribution is -2.37. The van der Waals surface area contributed by atoms with Gasteiger partial charge in [0.1, 0.15) is 19.3 Å². The Labute approximate surface area is 276 Å². The first-order valence-electron chi connectivity index (χ1n) is 17.4. The lowest BCUT2D eigenvalue weighted by atomic mass is 10.1. The lowest BCUT2D eigenvalue weighted by molar-refractivity contribution is -0.870. The molecule has 0 aliphatic rings. The molecular formula is C36H67NO7P+. The molecule has 2 unspecified atom stereocenters. The van der Waals surface area contributed by atoms with E-state index in [9.17, 15) is 14.3 Å². The number of phosphoric acid groups is 1. The molecule has 0 amide bonds. The quantitative estimate of drug-likeness (QED) is 0.0261. The lowest BCUT2D eigenvalue weighted by Gasteiger charge is -2.24. The van der Waals surface area contributed by atoms with Gasteiger partial charge in [-0.2, -0.15) is 0 Å². The number of unbranched alkanes of at least 4 members (excludes halogenated alkanes) is 9. The topological polar surface area (TPSA) is 91.3 Å². The third-order valence-corrected chi connectivity index (χ3v) is 7.86. The monoisotopic (exact) mass is 656 g/mol. The van der Waals surface area contributed by atoms with Crippen LogP contribution >= 0.6 is 7.82 Å². The normalized spacial score (nSPS) is 14.7. The van der Waals surface area contributed by atoms with Crippen molar-refractivity contribution in [1.29, 1.82) is 0 Å². The standard InChI is InChI=1S/C36H66NO7P/c1-6-8-9-10-11-12-13-14-15-16-17-18-19-20-21-22-23-24-25-26-27-28-31-41-33-35(44-36(38)29-7-2)34-43-45(39,40)42-32-30-37(3,4)5/h8-9,11-12,14-15,17-18,35H,6-7,10,13,16,19-34H2,1-5H3/p+1/b9-8-,12-11-,15-14-,18-17-. The van der Waals surface area contributed by atoms with E-state index in [2.05, 4.69) is 55.5 Å². The molecule has 9 heteroatoms. The van der Waals surface area contributed by atoms with Crippen LogP contribution in [-0.4, -0.2) is 75.6 Å². The van der Waals surface area contributed by atoms with E-state index in [1.165, 1.54) is 51.4 Å². The van der Waals surface area contributed by atoms with Crippen molar-refractivity contribution >= 4 is 13.8 Å². The number of allylic oxidation sites excluding steroid dienone is 8. The molecule has 0 aromatic carbocycles. The maximum atomic E-state index is 12.2. The maximum Gasteiger partial charge on any atom is 0.472 e. The van der Waals surface area contributed by atoms with Crippen molar-refractivity contribution in [3.8, 4) is 0 Å². The first-order valence-corrected chi connectivity index (χ1v) is 18.9. The van der Waals surface area contributed by atoms with Crippen LogP contribution in [0, 0.1) is 0 Å². The van der Waals surface area contributed by atoms with Gasteiger partial charge in [0.2, 0.25) is 0 Å². The van der Waals surface area contributed by atoms with Gasteiger partial charge in [-0.15, -0.1) is 0 Å². The first-order chi connectivity index (χ1) is 21.6. The van der Waals surface area contributed by atoms with E-state index in [1.54, 1.807) is 0 Å². The summed E-state index contributed by atoms with van der Waals surface area (Å²) in [7, 11) is 1.65. The largest absolute Gasteiger partial charge is 0.472 e. The molecule has 0 saturated carbocycles. The van der Waals surface area contributed by atoms with Crippen LogP contribution in [0.15, 0.2) is 48.6 Å². The van der Waals surface area contributed by atoms with E-state index in [4.69, 9.17) is 18.5 Å². The summed E-state index contributed by atoms with van der Waals surface area (Å²) in [5.41, 5.74) is 0. The third-order valence-electron chi connectivity index (χ3n) is 6.87. The van der Waals surface area contributed by atoms with Crippen LogP contribution in [0.4, 0.5) is 0 Å². The van der Waals surface area contributed by atoms with Crippen LogP contribution in [-0.2, 0) is 27.9 Å². The average molecular weight is 657 g/mol. The highest BCUT2D eigenvalue weighted by Gasteiger charge is 2.26. The van der Waals surface area contributed by atoms with E-state index < -0.39 is 13.9 Å². The minimum atomic E-state index is -4.24. The average Bonchev–Trinajstić information content (AvgIpc) is 2.97. The van der Waals surface area contributed by atoms with Gasteiger partial charge in [0, 0.05) is 13.0 Å². The first kappa shape index (κ1) is 43.5. The van der Waals surface area contributed by atoms with E-state index in [0.29, 0.717) is 24.1 Å². The molecule has 0 aromatic heterocycles. The Morgan fingerprint density at radius 3 is 1.80 bits per heavy atom. The summed E-state index contributed by atoms with van der Waals surface area (Å²) in [6.45, 7) is 5.10. The maximum absolute atomic E-state index is 12.2. The highest BCUT2D eigenvalue weighted by molar-refractivity contribution is 7.47. The highest BCUT2D eigenvalue weighted by atomic mass is 31.2. The van der Waals surface area contributed by atoms with E-state index in [0.717, 1.165) is 38.5 Å². The third kappa shape index (κ3) is 33.6. The van der Waals surface area contributed by atoms with Crippen molar-refractivity contribution in [2.75, 3.05) is 54.1 Å². The number of hydrogen-bond donors (Lipinski definition) is 1. The molecule has 8 nitrogen and oxygen atoms in total. The van der Waals surface area contributed by atoms with Gasteiger partial charge in [-0.05, 0) is 51.4 Å². The second-order valence-electron chi connectivity index (χ2n) is 12.5. The predicted molar refractivity (Wildman–Crippen MR) is 187 cm³/mol. The molecular weight excluding hydrogens is 589 g/mol. The van der Waals surface area contributed by atoms with Gasteiger partial charge >= 0.3 is 13.8 Å². The molecule has 0 spiro atoms. The SMILES string of the molecule is CC/C=C\C/C=C\C/C=C\C/C=C\CCCCCCCCCCCOCC(COP(=O)(O)OCC[N+](C)(C)C)OC(=O)CCC. The minimum absolute atomic E-state index is 0.0841. The summed E-state index contributed by atoms with van der Waals surface area (Å²) >= 11 is 0. The number of rotatable bonds is 31. The van der Waals surface area contributed by atoms with Gasteiger partial charge in [0.15, 0.2) is 0 Å². The van der Waals surface area contributed by atoms with Crippen LogP contribution in [0.3, 0.4) is 0 Å². The Kier molecular flexibility index (Phi) is 28.8. The van der Waals surface area contributed by atoms with Crippen LogP contribution in [0.25, 0.3) is 0 Å². The van der Waals surface area contributed by atoms with Gasteiger partial charge in [-0.3, -0.25) is 13.8 Å². The van der Waals surface area contributed by atoms with Crippen LogP contribution in [0.2, 0.25) is 0 Å². The van der Waals surface area contributed by atoms with Crippen molar-refractivity contribution in [2.45, 2.75) is 123 Å². The zero-order valence-corrected chi connectivity index (χ0v) is 30.2. The molecule has 1 N–H and O–H groups in total. The molecule has 0 aromatic rings. The zero-order chi connectivity index (χ0) is 33.5. The molecule has 262 valence electrons. The Hall–Kier alpha value is -1.54.